The van der Waals surface area contributed by atoms with E-state index in [9.17, 15) is 25.0 Å². The zero-order valence-electron chi connectivity index (χ0n) is 11.6. The third-order valence-electron chi connectivity index (χ3n) is 2.84. The molecule has 0 aromatic heterocycles. The van der Waals surface area contributed by atoms with Crippen LogP contribution < -0.4 is 16.2 Å². The van der Waals surface area contributed by atoms with Gasteiger partial charge >= 0.3 is 17.3 Å². The van der Waals surface area contributed by atoms with Crippen molar-refractivity contribution in [2.24, 2.45) is 11.5 Å². The standard InChI is InChI=1S/C12H16N4O6/c13-7-2-1-4-8(14)12(17)22-10-6-3-5-9(15(18)19)11(10)16(20)21/h3,5-6,8H,1-2,4,7,13-14H2. The molecule has 0 radical (unpaired) electrons. The first-order chi connectivity index (χ1) is 10.4. The Balaban J connectivity index is 2.93. The van der Waals surface area contributed by atoms with Gasteiger partial charge in [-0.3, -0.25) is 20.2 Å². The number of esters is 1. The van der Waals surface area contributed by atoms with Crippen LogP contribution in [0.1, 0.15) is 19.3 Å². The molecule has 0 heterocycles. The average Bonchev–Trinajstić information content (AvgIpc) is 2.46. The van der Waals surface area contributed by atoms with Gasteiger partial charge in [0, 0.05) is 6.07 Å². The zero-order chi connectivity index (χ0) is 16.7. The van der Waals surface area contributed by atoms with Gasteiger partial charge in [0.1, 0.15) is 6.04 Å². The molecule has 120 valence electrons. The highest BCUT2D eigenvalue weighted by Gasteiger charge is 2.31. The fourth-order valence-electron chi connectivity index (χ4n) is 1.73. The first-order valence-corrected chi connectivity index (χ1v) is 6.47. The Bertz CT molecular complexity index is 577. The smallest absolute Gasteiger partial charge is 0.388 e. The van der Waals surface area contributed by atoms with E-state index in [-0.39, 0.29) is 0 Å². The van der Waals surface area contributed by atoms with E-state index in [2.05, 4.69) is 0 Å². The molecule has 22 heavy (non-hydrogen) atoms. The van der Waals surface area contributed by atoms with Gasteiger partial charge in [0.05, 0.1) is 9.85 Å². The van der Waals surface area contributed by atoms with Crippen LogP contribution in [0.2, 0.25) is 0 Å². The minimum Gasteiger partial charge on any atom is -0.418 e. The van der Waals surface area contributed by atoms with Gasteiger partial charge in [-0.05, 0) is 25.5 Å². The number of carbonyl (C=O) groups is 1. The van der Waals surface area contributed by atoms with E-state index >= 15 is 0 Å². The summed E-state index contributed by atoms with van der Waals surface area (Å²) in [4.78, 5) is 31.7. The summed E-state index contributed by atoms with van der Waals surface area (Å²) < 4.78 is 4.85. The molecule has 1 unspecified atom stereocenters. The van der Waals surface area contributed by atoms with E-state index in [1.807, 2.05) is 0 Å². The number of para-hydroxylation sites is 1. The molecule has 1 aromatic rings. The maximum Gasteiger partial charge on any atom is 0.388 e. The van der Waals surface area contributed by atoms with Gasteiger partial charge in [0.2, 0.25) is 5.75 Å². The molecule has 0 aliphatic carbocycles. The Morgan fingerprint density at radius 2 is 1.91 bits per heavy atom. The zero-order valence-corrected chi connectivity index (χ0v) is 11.6. The monoisotopic (exact) mass is 312 g/mol. The van der Waals surface area contributed by atoms with E-state index in [1.165, 1.54) is 6.07 Å². The average molecular weight is 312 g/mol. The first kappa shape index (κ1) is 17.5. The predicted molar refractivity (Wildman–Crippen MR) is 76.3 cm³/mol. The fraction of sp³-hybridized carbons (Fsp3) is 0.417. The number of carbonyl (C=O) groups excluding carboxylic acids is 1. The highest BCUT2D eigenvalue weighted by Crippen LogP contribution is 2.36. The van der Waals surface area contributed by atoms with Gasteiger partial charge in [-0.2, -0.15) is 0 Å². The Labute approximate surface area is 125 Å². The van der Waals surface area contributed by atoms with E-state index in [4.69, 9.17) is 16.2 Å². The van der Waals surface area contributed by atoms with Gasteiger partial charge in [0.25, 0.3) is 0 Å². The number of nitro benzene ring substituents is 2. The van der Waals surface area contributed by atoms with Crippen LogP contribution in [0.25, 0.3) is 0 Å². The van der Waals surface area contributed by atoms with Crippen molar-refractivity contribution in [2.75, 3.05) is 6.54 Å². The van der Waals surface area contributed by atoms with E-state index in [1.54, 1.807) is 0 Å². The van der Waals surface area contributed by atoms with Crippen LogP contribution >= 0.6 is 0 Å². The highest BCUT2D eigenvalue weighted by atomic mass is 16.6. The molecule has 4 N–H and O–H groups in total. The van der Waals surface area contributed by atoms with Crippen LogP contribution in [0.15, 0.2) is 18.2 Å². The number of ether oxygens (including phenoxy) is 1. The first-order valence-electron chi connectivity index (χ1n) is 6.47. The summed E-state index contributed by atoms with van der Waals surface area (Å²) in [7, 11) is 0. The quantitative estimate of drug-likeness (QED) is 0.234. The largest absolute Gasteiger partial charge is 0.418 e. The minimum atomic E-state index is -0.981. The SMILES string of the molecule is NCCCCC(N)C(=O)Oc1cccc([N+](=O)[O-])c1[N+](=O)[O-]. The summed E-state index contributed by atoms with van der Waals surface area (Å²) in [5.41, 5.74) is 9.29. The molecule has 1 atom stereocenters. The Morgan fingerprint density at radius 3 is 2.45 bits per heavy atom. The molecule has 10 nitrogen and oxygen atoms in total. The van der Waals surface area contributed by atoms with Crippen LogP contribution in [0, 0.1) is 20.2 Å². The van der Waals surface area contributed by atoms with Crippen LogP contribution in [0.3, 0.4) is 0 Å². The number of hydrogen-bond acceptors (Lipinski definition) is 8. The van der Waals surface area contributed by atoms with Crippen LogP contribution in [0.5, 0.6) is 5.75 Å². The van der Waals surface area contributed by atoms with Crippen molar-refractivity contribution in [3.8, 4) is 5.75 Å². The van der Waals surface area contributed by atoms with Gasteiger partial charge in [-0.1, -0.05) is 12.5 Å². The molecule has 0 saturated carbocycles. The normalized spacial score (nSPS) is 11.7. The van der Waals surface area contributed by atoms with Crippen molar-refractivity contribution in [1.29, 1.82) is 0 Å². The van der Waals surface area contributed by atoms with Crippen LogP contribution in [0.4, 0.5) is 11.4 Å². The molecule has 1 aromatic carbocycles. The van der Waals surface area contributed by atoms with Gasteiger partial charge in [-0.15, -0.1) is 0 Å². The molecule has 0 bridgehead atoms. The Kier molecular flexibility index (Phi) is 6.35. The molecule has 0 fully saturated rings. The lowest BCUT2D eigenvalue weighted by Crippen LogP contribution is -2.34. The van der Waals surface area contributed by atoms with E-state index in [0.29, 0.717) is 25.8 Å². The fourth-order valence-corrected chi connectivity index (χ4v) is 1.73. The molecule has 10 heteroatoms. The van der Waals surface area contributed by atoms with Gasteiger partial charge in [-0.25, -0.2) is 4.79 Å². The number of rotatable bonds is 8. The van der Waals surface area contributed by atoms with Crippen molar-refractivity contribution >= 4 is 17.3 Å². The lowest BCUT2D eigenvalue weighted by atomic mass is 10.1. The van der Waals surface area contributed by atoms with Crippen molar-refractivity contribution in [1.82, 2.24) is 0 Å². The number of hydrogen-bond donors (Lipinski definition) is 2. The topological polar surface area (TPSA) is 165 Å². The molecule has 0 amide bonds. The number of nitrogens with zero attached hydrogens (tertiary/aromatic N) is 2. The number of unbranched alkanes of at least 4 members (excludes halogenated alkanes) is 1. The van der Waals surface area contributed by atoms with Crippen LogP contribution in [-0.2, 0) is 4.79 Å². The minimum absolute atomic E-state index is 0.304. The number of benzene rings is 1. The molecule has 0 aliphatic heterocycles. The summed E-state index contributed by atoms with van der Waals surface area (Å²) >= 11 is 0. The second-order valence-electron chi connectivity index (χ2n) is 4.45. The number of nitro groups is 2. The van der Waals surface area contributed by atoms with Crippen molar-refractivity contribution in [3.63, 3.8) is 0 Å². The Morgan fingerprint density at radius 1 is 1.23 bits per heavy atom. The van der Waals surface area contributed by atoms with E-state index in [0.717, 1.165) is 12.1 Å². The third kappa shape index (κ3) is 4.46. The van der Waals surface area contributed by atoms with E-state index < -0.39 is 39.0 Å². The maximum absolute atomic E-state index is 11.8. The second kappa shape index (κ2) is 8.00. The maximum atomic E-state index is 11.8. The molecule has 1 rings (SSSR count). The Hall–Kier alpha value is -2.59. The summed E-state index contributed by atoms with van der Waals surface area (Å²) in [6.07, 6.45) is 1.58. The lowest BCUT2D eigenvalue weighted by Gasteiger charge is -2.11. The second-order valence-corrected chi connectivity index (χ2v) is 4.45. The highest BCUT2D eigenvalue weighted by molar-refractivity contribution is 5.80. The van der Waals surface area contributed by atoms with Gasteiger partial charge in [0.15, 0.2) is 0 Å². The summed E-state index contributed by atoms with van der Waals surface area (Å²) in [5.74, 6) is -1.39. The van der Waals surface area contributed by atoms with Gasteiger partial charge < -0.3 is 16.2 Å². The molecular formula is C12H16N4O6. The summed E-state index contributed by atoms with van der Waals surface area (Å²) in [5, 5.41) is 21.8. The third-order valence-corrected chi connectivity index (χ3v) is 2.84. The van der Waals surface area contributed by atoms with Crippen molar-refractivity contribution in [2.45, 2.75) is 25.3 Å². The summed E-state index contributed by atoms with van der Waals surface area (Å²) in [6, 6.07) is 2.27. The van der Waals surface area contributed by atoms with Crippen molar-refractivity contribution < 1.29 is 19.4 Å². The van der Waals surface area contributed by atoms with Crippen LogP contribution in [-0.4, -0.2) is 28.4 Å². The molecule has 0 aliphatic rings. The lowest BCUT2D eigenvalue weighted by molar-refractivity contribution is -0.423. The molecular weight excluding hydrogens is 296 g/mol. The molecule has 0 spiro atoms. The van der Waals surface area contributed by atoms with Crippen molar-refractivity contribution in [3.05, 3.63) is 38.4 Å². The number of nitrogens with two attached hydrogens (primary N) is 2. The summed E-state index contributed by atoms with van der Waals surface area (Å²) in [6.45, 7) is 0.456. The molecule has 0 saturated heterocycles. The predicted octanol–water partition coefficient (Wildman–Crippen LogP) is 0.865.